The third-order valence-electron chi connectivity index (χ3n) is 3.35. The van der Waals surface area contributed by atoms with Gasteiger partial charge in [0.25, 0.3) is 0 Å². The minimum atomic E-state index is -2.07. The van der Waals surface area contributed by atoms with Crippen LogP contribution < -0.4 is 0 Å². The first-order valence-corrected chi connectivity index (χ1v) is 7.91. The molecule has 0 aliphatic carbocycles. The van der Waals surface area contributed by atoms with Crippen LogP contribution >= 0.6 is 0 Å². The van der Waals surface area contributed by atoms with Gasteiger partial charge in [-0.15, -0.1) is 0 Å². The van der Waals surface area contributed by atoms with E-state index in [1.807, 2.05) is 0 Å². The molecule has 118 valence electrons. The number of hydrogen-bond acceptors (Lipinski definition) is 1. The summed E-state index contributed by atoms with van der Waals surface area (Å²) in [4.78, 5) is -0.195. The topological polar surface area (TPSA) is 17.1 Å². The molecule has 0 unspecified atom stereocenters. The fourth-order valence-electron chi connectivity index (χ4n) is 2.30. The van der Waals surface area contributed by atoms with Crippen molar-refractivity contribution in [1.82, 2.24) is 0 Å². The summed E-state index contributed by atoms with van der Waals surface area (Å²) in [7, 11) is -2.07. The number of halogens is 4. The molecule has 0 atom stereocenters. The van der Waals surface area contributed by atoms with Crippen molar-refractivity contribution in [3.63, 3.8) is 0 Å². The maximum atomic E-state index is 13.8. The molecule has 0 fully saturated rings. The third-order valence-corrected chi connectivity index (χ3v) is 4.87. The van der Waals surface area contributed by atoms with E-state index in [-0.39, 0.29) is 33.8 Å². The van der Waals surface area contributed by atoms with Crippen molar-refractivity contribution in [2.45, 2.75) is 36.5 Å². The lowest BCUT2D eigenvalue weighted by Crippen LogP contribution is -2.06. The number of hydrogen-bond donors (Lipinski definition) is 0. The Balaban J connectivity index is 2.68. The molecule has 0 aliphatic rings. The number of rotatable bonds is 4. The van der Waals surface area contributed by atoms with Crippen LogP contribution in [-0.2, 0) is 23.6 Å². The van der Waals surface area contributed by atoms with Gasteiger partial charge in [-0.2, -0.15) is 0 Å². The first kappa shape index (κ1) is 16.7. The zero-order valence-corrected chi connectivity index (χ0v) is 12.9. The van der Waals surface area contributed by atoms with Gasteiger partial charge in [0.15, 0.2) is 0 Å². The van der Waals surface area contributed by atoms with Crippen molar-refractivity contribution in [2.75, 3.05) is 0 Å². The van der Waals surface area contributed by atoms with Crippen LogP contribution in [0.15, 0.2) is 34.1 Å². The van der Waals surface area contributed by atoms with Crippen LogP contribution in [0.1, 0.15) is 25.0 Å². The van der Waals surface area contributed by atoms with E-state index in [1.165, 1.54) is 0 Å². The SMILES string of the molecule is CCc1c(F)cc(F)cc1S(=O)c1cc(F)cc(F)c1CC. The average Bonchev–Trinajstić information content (AvgIpc) is 2.45. The summed E-state index contributed by atoms with van der Waals surface area (Å²) in [5.74, 6) is -3.40. The van der Waals surface area contributed by atoms with E-state index in [0.717, 1.165) is 12.1 Å². The van der Waals surface area contributed by atoms with Crippen molar-refractivity contribution < 1.29 is 21.8 Å². The quantitative estimate of drug-likeness (QED) is 0.753. The smallest absolute Gasteiger partial charge is 0.130 e. The maximum absolute atomic E-state index is 13.8. The van der Waals surface area contributed by atoms with E-state index in [0.29, 0.717) is 12.1 Å². The molecule has 0 spiro atoms. The molecule has 2 aromatic carbocycles. The lowest BCUT2D eigenvalue weighted by molar-refractivity contribution is 0.561. The second kappa shape index (κ2) is 6.60. The molecular weight excluding hydrogens is 316 g/mol. The molecule has 0 aromatic heterocycles. The second-order valence-corrected chi connectivity index (χ2v) is 6.12. The minimum Gasteiger partial charge on any atom is -0.249 e. The van der Waals surface area contributed by atoms with Crippen molar-refractivity contribution in [2.24, 2.45) is 0 Å². The van der Waals surface area contributed by atoms with Gasteiger partial charge in [0.2, 0.25) is 0 Å². The Bertz CT molecular complexity index is 682. The average molecular weight is 330 g/mol. The highest BCUT2D eigenvalue weighted by Crippen LogP contribution is 2.28. The maximum Gasteiger partial charge on any atom is 0.130 e. The van der Waals surface area contributed by atoms with Crippen LogP contribution in [0.25, 0.3) is 0 Å². The van der Waals surface area contributed by atoms with E-state index in [2.05, 4.69) is 0 Å². The fraction of sp³-hybridized carbons (Fsp3) is 0.250. The van der Waals surface area contributed by atoms with Gasteiger partial charge in [0.05, 0.1) is 20.6 Å². The summed E-state index contributed by atoms with van der Waals surface area (Å²) >= 11 is 0. The van der Waals surface area contributed by atoms with E-state index in [4.69, 9.17) is 0 Å². The van der Waals surface area contributed by atoms with Gasteiger partial charge in [0, 0.05) is 23.3 Å². The Morgan fingerprint density at radius 3 is 1.45 bits per heavy atom. The first-order valence-electron chi connectivity index (χ1n) is 6.76. The molecule has 0 aliphatic heterocycles. The monoisotopic (exact) mass is 330 g/mol. The van der Waals surface area contributed by atoms with Gasteiger partial charge in [0.1, 0.15) is 23.3 Å². The minimum absolute atomic E-state index is 0.0754. The summed E-state index contributed by atoms with van der Waals surface area (Å²) in [6.07, 6.45) is 0.374. The fourth-order valence-corrected chi connectivity index (χ4v) is 3.90. The van der Waals surface area contributed by atoms with E-state index in [1.54, 1.807) is 13.8 Å². The summed E-state index contributed by atoms with van der Waals surface area (Å²) in [5, 5.41) is 0. The van der Waals surface area contributed by atoms with Crippen molar-refractivity contribution >= 4 is 10.8 Å². The summed E-state index contributed by atoms with van der Waals surface area (Å²) in [5.41, 5.74) is 0.151. The molecule has 0 heterocycles. The molecule has 0 amide bonds. The lowest BCUT2D eigenvalue weighted by Gasteiger charge is -2.13. The lowest BCUT2D eigenvalue weighted by atomic mass is 10.1. The predicted octanol–water partition coefficient (Wildman–Crippen LogP) is 4.53. The Morgan fingerprint density at radius 2 is 1.14 bits per heavy atom. The molecule has 0 saturated heterocycles. The highest BCUT2D eigenvalue weighted by molar-refractivity contribution is 7.85. The van der Waals surface area contributed by atoms with Gasteiger partial charge in [-0.3, -0.25) is 0 Å². The standard InChI is InChI=1S/C16H14F4OS/c1-3-11-13(19)5-9(17)7-15(11)22(21)16-8-10(18)6-14(20)12(16)4-2/h5-8H,3-4H2,1-2H3. The molecule has 2 rings (SSSR count). The summed E-state index contributed by atoms with van der Waals surface area (Å²) in [6, 6.07) is 3.29. The Morgan fingerprint density at radius 1 is 0.773 bits per heavy atom. The zero-order valence-electron chi connectivity index (χ0n) is 12.1. The van der Waals surface area contributed by atoms with Crippen LogP contribution in [0.2, 0.25) is 0 Å². The van der Waals surface area contributed by atoms with E-state index >= 15 is 0 Å². The van der Waals surface area contributed by atoms with Crippen LogP contribution in [0.5, 0.6) is 0 Å². The first-order chi connectivity index (χ1) is 10.4. The summed E-state index contributed by atoms with van der Waals surface area (Å²) in [6.45, 7) is 3.26. The van der Waals surface area contributed by atoms with Gasteiger partial charge >= 0.3 is 0 Å². The van der Waals surface area contributed by atoms with Crippen LogP contribution in [-0.4, -0.2) is 4.21 Å². The van der Waals surface area contributed by atoms with Gasteiger partial charge in [-0.1, -0.05) is 13.8 Å². The van der Waals surface area contributed by atoms with E-state index < -0.39 is 34.1 Å². The molecular formula is C16H14F4OS. The normalized spacial score (nSPS) is 11.2. The Hall–Kier alpha value is -1.69. The highest BCUT2D eigenvalue weighted by atomic mass is 32.2. The van der Waals surface area contributed by atoms with Crippen LogP contribution in [0, 0.1) is 23.3 Å². The van der Waals surface area contributed by atoms with Crippen LogP contribution in [0.4, 0.5) is 17.6 Å². The predicted molar refractivity (Wildman–Crippen MR) is 76.1 cm³/mol. The van der Waals surface area contributed by atoms with Gasteiger partial charge < -0.3 is 0 Å². The van der Waals surface area contributed by atoms with E-state index in [9.17, 15) is 21.8 Å². The molecule has 1 nitrogen and oxygen atoms in total. The molecule has 6 heteroatoms. The Kier molecular flexibility index (Phi) is 5.01. The molecule has 0 saturated carbocycles. The largest absolute Gasteiger partial charge is 0.249 e. The van der Waals surface area contributed by atoms with Gasteiger partial charge in [-0.25, -0.2) is 21.8 Å². The van der Waals surface area contributed by atoms with Crippen LogP contribution in [0.3, 0.4) is 0 Å². The second-order valence-electron chi connectivity index (χ2n) is 4.70. The zero-order chi connectivity index (χ0) is 16.4. The Labute approximate surface area is 128 Å². The summed E-state index contributed by atoms with van der Waals surface area (Å²) < 4.78 is 67.1. The molecule has 22 heavy (non-hydrogen) atoms. The van der Waals surface area contributed by atoms with Crippen molar-refractivity contribution in [3.05, 3.63) is 58.7 Å². The van der Waals surface area contributed by atoms with Crippen molar-refractivity contribution in [3.8, 4) is 0 Å². The third kappa shape index (κ3) is 3.06. The van der Waals surface area contributed by atoms with Gasteiger partial charge in [-0.05, 0) is 25.0 Å². The molecule has 2 aromatic rings. The number of benzene rings is 2. The molecule has 0 radical (unpaired) electrons. The molecule has 0 bridgehead atoms. The highest BCUT2D eigenvalue weighted by Gasteiger charge is 2.21. The molecule has 0 N–H and O–H groups in total. The van der Waals surface area contributed by atoms with Crippen molar-refractivity contribution in [1.29, 1.82) is 0 Å².